The lowest BCUT2D eigenvalue weighted by atomic mass is 9.92. The first-order chi connectivity index (χ1) is 17.5. The smallest absolute Gasteiger partial charge is 0.254 e. The third-order valence-corrected chi connectivity index (χ3v) is 9.19. The average Bonchev–Trinajstić information content (AvgIpc) is 3.24. The number of carbonyl (C=O) groups is 1. The maximum Gasteiger partial charge on any atom is 0.254 e. The molecule has 36 heavy (non-hydrogen) atoms. The van der Waals surface area contributed by atoms with Gasteiger partial charge in [-0.3, -0.25) is 9.48 Å². The fraction of sp³-hybridized carbons (Fsp3) is 0.393. The highest BCUT2D eigenvalue weighted by Gasteiger charge is 2.41. The average molecular weight is 500 g/mol. The Morgan fingerprint density at radius 1 is 1.25 bits per heavy atom. The lowest BCUT2D eigenvalue weighted by Gasteiger charge is -2.35. The van der Waals surface area contributed by atoms with Gasteiger partial charge < -0.3 is 15.4 Å². The highest BCUT2D eigenvalue weighted by molar-refractivity contribution is 7.15. The Balaban J connectivity index is 1.28. The number of rotatable bonds is 4. The van der Waals surface area contributed by atoms with E-state index in [-0.39, 0.29) is 18.1 Å². The van der Waals surface area contributed by atoms with E-state index < -0.39 is 0 Å². The van der Waals surface area contributed by atoms with Gasteiger partial charge in [0.1, 0.15) is 5.82 Å². The van der Waals surface area contributed by atoms with Crippen molar-refractivity contribution < 1.29 is 9.53 Å². The summed E-state index contributed by atoms with van der Waals surface area (Å²) < 4.78 is 7.71. The quantitative estimate of drug-likeness (QED) is 0.398. The van der Waals surface area contributed by atoms with E-state index in [0.29, 0.717) is 18.5 Å². The molecule has 7 rings (SSSR count). The van der Waals surface area contributed by atoms with Crippen LogP contribution >= 0.6 is 11.3 Å². The van der Waals surface area contributed by atoms with E-state index in [1.165, 1.54) is 15.3 Å². The van der Waals surface area contributed by atoms with Crippen LogP contribution in [0.4, 0.5) is 5.82 Å². The van der Waals surface area contributed by atoms with Gasteiger partial charge in [0.05, 0.1) is 30.5 Å². The number of benzene rings is 1. The minimum atomic E-state index is -0.0762. The SMILES string of the molecule is CC1OCc2c1c(N)nc1ccc(C(=O)N(C3CC3)C3CCCc4cc(-c5cnn(C)c5)sc43)cc21. The molecule has 3 aromatic heterocycles. The molecule has 2 unspecified atom stereocenters. The van der Waals surface area contributed by atoms with Crippen LogP contribution in [0.2, 0.25) is 0 Å². The Labute approximate surface area is 213 Å². The van der Waals surface area contributed by atoms with E-state index in [4.69, 9.17) is 10.5 Å². The van der Waals surface area contributed by atoms with Crippen LogP contribution in [0, 0.1) is 0 Å². The summed E-state index contributed by atoms with van der Waals surface area (Å²) in [5, 5.41) is 5.33. The molecule has 8 heteroatoms. The minimum absolute atomic E-state index is 0.0762. The fourth-order valence-electron chi connectivity index (χ4n) is 5.96. The van der Waals surface area contributed by atoms with Gasteiger partial charge in [-0.2, -0.15) is 5.10 Å². The first kappa shape index (κ1) is 22.0. The first-order valence-corrected chi connectivity index (χ1v) is 13.6. The molecule has 2 N–H and O–H groups in total. The summed E-state index contributed by atoms with van der Waals surface area (Å²) in [5.74, 6) is 0.643. The molecule has 0 spiro atoms. The van der Waals surface area contributed by atoms with Crippen molar-refractivity contribution in [1.82, 2.24) is 19.7 Å². The molecule has 1 saturated carbocycles. The lowest BCUT2D eigenvalue weighted by molar-refractivity contribution is 0.0642. The number of thiophene rings is 1. The van der Waals surface area contributed by atoms with Crippen molar-refractivity contribution in [2.75, 3.05) is 5.73 Å². The Kier molecular flexibility index (Phi) is 4.98. The number of nitrogens with zero attached hydrogens (tertiary/aromatic N) is 4. The minimum Gasteiger partial charge on any atom is -0.383 e. The van der Waals surface area contributed by atoms with Crippen LogP contribution in [0.3, 0.4) is 0 Å². The topological polar surface area (TPSA) is 86.3 Å². The van der Waals surface area contributed by atoms with Gasteiger partial charge in [0.25, 0.3) is 5.91 Å². The molecule has 4 heterocycles. The van der Waals surface area contributed by atoms with Gasteiger partial charge >= 0.3 is 0 Å². The molecule has 1 fully saturated rings. The van der Waals surface area contributed by atoms with E-state index in [2.05, 4.69) is 27.2 Å². The number of nitrogens with two attached hydrogens (primary N) is 1. The molecule has 0 bridgehead atoms. The van der Waals surface area contributed by atoms with Crippen LogP contribution in [-0.2, 0) is 24.8 Å². The van der Waals surface area contributed by atoms with Crippen LogP contribution < -0.4 is 5.73 Å². The molecular formula is C28H29N5O2S. The van der Waals surface area contributed by atoms with Crippen molar-refractivity contribution >= 4 is 34.0 Å². The summed E-state index contributed by atoms with van der Waals surface area (Å²) in [7, 11) is 1.95. The van der Waals surface area contributed by atoms with Gasteiger partial charge in [-0.05, 0) is 74.4 Å². The van der Waals surface area contributed by atoms with Gasteiger partial charge in [0, 0.05) is 51.1 Å². The molecule has 2 atom stereocenters. The Morgan fingerprint density at radius 3 is 2.89 bits per heavy atom. The summed E-state index contributed by atoms with van der Waals surface area (Å²) in [6.07, 6.45) is 9.24. The van der Waals surface area contributed by atoms with Crippen molar-refractivity contribution in [1.29, 1.82) is 0 Å². The number of amides is 1. The largest absolute Gasteiger partial charge is 0.383 e. The summed E-state index contributed by atoms with van der Waals surface area (Å²) in [5.41, 5.74) is 12.3. The molecule has 7 nitrogen and oxygen atoms in total. The Hall–Kier alpha value is -3.23. The normalized spacial score (nSPS) is 20.9. The number of hydrogen-bond donors (Lipinski definition) is 1. The maximum absolute atomic E-state index is 14.1. The number of carbonyl (C=O) groups excluding carboxylic acids is 1. The van der Waals surface area contributed by atoms with Gasteiger partial charge in [-0.15, -0.1) is 11.3 Å². The first-order valence-electron chi connectivity index (χ1n) is 12.8. The van der Waals surface area contributed by atoms with Crippen molar-refractivity contribution in [3.05, 3.63) is 63.8 Å². The van der Waals surface area contributed by atoms with Crippen molar-refractivity contribution in [2.24, 2.45) is 7.05 Å². The highest BCUT2D eigenvalue weighted by atomic mass is 32.1. The molecule has 1 aromatic carbocycles. The number of nitrogen functional groups attached to an aromatic ring is 1. The summed E-state index contributed by atoms with van der Waals surface area (Å²) >= 11 is 1.83. The molecular weight excluding hydrogens is 470 g/mol. The second-order valence-corrected chi connectivity index (χ2v) is 11.4. The lowest BCUT2D eigenvalue weighted by Crippen LogP contribution is -2.38. The number of anilines is 1. The molecule has 1 amide bonds. The molecule has 3 aliphatic rings. The van der Waals surface area contributed by atoms with E-state index in [0.717, 1.165) is 65.3 Å². The zero-order valence-electron chi connectivity index (χ0n) is 20.5. The summed E-state index contributed by atoms with van der Waals surface area (Å²) in [4.78, 5) is 23.5. The van der Waals surface area contributed by atoms with Crippen LogP contribution in [-0.4, -0.2) is 31.6 Å². The van der Waals surface area contributed by atoms with Crippen LogP contribution in [0.25, 0.3) is 21.3 Å². The number of aromatic nitrogens is 3. The van der Waals surface area contributed by atoms with E-state index in [9.17, 15) is 4.79 Å². The molecule has 184 valence electrons. The number of pyridine rings is 1. The van der Waals surface area contributed by atoms with Crippen molar-refractivity contribution in [3.63, 3.8) is 0 Å². The van der Waals surface area contributed by atoms with Crippen LogP contribution in [0.15, 0.2) is 36.7 Å². The Morgan fingerprint density at radius 2 is 2.11 bits per heavy atom. The molecule has 4 aromatic rings. The molecule has 1 aliphatic heterocycles. The molecule has 0 saturated heterocycles. The second kappa shape index (κ2) is 8.15. The van der Waals surface area contributed by atoms with Crippen molar-refractivity contribution in [3.8, 4) is 10.4 Å². The zero-order chi connectivity index (χ0) is 24.6. The Bertz CT molecular complexity index is 1520. The molecule has 0 radical (unpaired) electrons. The van der Waals surface area contributed by atoms with Gasteiger partial charge in [0.2, 0.25) is 0 Å². The van der Waals surface area contributed by atoms with Crippen LogP contribution in [0.5, 0.6) is 0 Å². The third-order valence-electron chi connectivity index (χ3n) is 7.86. The highest BCUT2D eigenvalue weighted by Crippen LogP contribution is 2.47. The van der Waals surface area contributed by atoms with Gasteiger partial charge in [-0.1, -0.05) is 0 Å². The number of ether oxygens (including phenoxy) is 1. The van der Waals surface area contributed by atoms with E-state index >= 15 is 0 Å². The maximum atomic E-state index is 14.1. The predicted octanol–water partition coefficient (Wildman–Crippen LogP) is 5.55. The second-order valence-electron chi connectivity index (χ2n) is 10.3. The van der Waals surface area contributed by atoms with Crippen LogP contribution in [0.1, 0.15) is 76.7 Å². The zero-order valence-corrected chi connectivity index (χ0v) is 21.3. The predicted molar refractivity (Wildman–Crippen MR) is 141 cm³/mol. The number of hydrogen-bond acceptors (Lipinski definition) is 6. The fourth-order valence-corrected chi connectivity index (χ4v) is 7.28. The number of fused-ring (bicyclic) bond motifs is 4. The summed E-state index contributed by atoms with van der Waals surface area (Å²) in [6.45, 7) is 2.50. The standard InChI is InChI=1S/C28H29N5O2S/c1-15-25-21(14-35-15)20-10-17(6-9-22(20)31-27(25)29)28(34)33(19-7-8-19)23-5-3-4-16-11-24(36-26(16)23)18-12-30-32(2)13-18/h6,9-13,15,19,23H,3-5,7-8,14H2,1-2H3,(H2,29,31). The van der Waals surface area contributed by atoms with E-state index in [1.54, 1.807) is 0 Å². The van der Waals surface area contributed by atoms with Gasteiger partial charge in [0.15, 0.2) is 0 Å². The number of aryl methyl sites for hydroxylation is 2. The van der Waals surface area contributed by atoms with E-state index in [1.807, 2.05) is 54.4 Å². The van der Waals surface area contributed by atoms with Gasteiger partial charge in [-0.25, -0.2) is 4.98 Å². The van der Waals surface area contributed by atoms with Crippen molar-refractivity contribution in [2.45, 2.75) is 63.8 Å². The monoisotopic (exact) mass is 499 g/mol. The third kappa shape index (κ3) is 3.46. The molecule has 2 aliphatic carbocycles. The summed E-state index contributed by atoms with van der Waals surface area (Å²) in [6, 6.07) is 8.61.